The lowest BCUT2D eigenvalue weighted by atomic mass is 10.3. The Morgan fingerprint density at radius 3 is 2.73 bits per heavy atom. The van der Waals surface area contributed by atoms with Gasteiger partial charge >= 0.3 is 0 Å². The van der Waals surface area contributed by atoms with Gasteiger partial charge in [-0.2, -0.15) is 0 Å². The second-order valence-corrected chi connectivity index (χ2v) is 3.18. The molecule has 15 heavy (non-hydrogen) atoms. The highest BCUT2D eigenvalue weighted by Gasteiger charge is 2.03. The van der Waals surface area contributed by atoms with Gasteiger partial charge in [0.05, 0.1) is 11.0 Å². The molecule has 0 aliphatic heterocycles. The molecular formula is C11H8N4. The van der Waals surface area contributed by atoms with Gasteiger partial charge in [-0.1, -0.05) is 0 Å². The summed E-state index contributed by atoms with van der Waals surface area (Å²) in [4.78, 5) is 15.9. The summed E-state index contributed by atoms with van der Waals surface area (Å²) in [5.41, 5.74) is 2.75. The topological polar surface area (TPSA) is 54.5 Å². The molecule has 0 aromatic carbocycles. The summed E-state index contributed by atoms with van der Waals surface area (Å²) in [6.07, 6.45) is 5.30. The minimum absolute atomic E-state index is 0.653. The van der Waals surface area contributed by atoms with E-state index in [1.807, 2.05) is 24.4 Å². The number of aromatic amines is 1. The van der Waals surface area contributed by atoms with E-state index < -0.39 is 0 Å². The van der Waals surface area contributed by atoms with Crippen LogP contribution in [0.4, 0.5) is 0 Å². The van der Waals surface area contributed by atoms with E-state index in [2.05, 4.69) is 19.9 Å². The molecule has 72 valence electrons. The van der Waals surface area contributed by atoms with E-state index in [0.717, 1.165) is 16.7 Å². The summed E-state index contributed by atoms with van der Waals surface area (Å²) >= 11 is 0. The van der Waals surface area contributed by atoms with Gasteiger partial charge in [0.25, 0.3) is 0 Å². The van der Waals surface area contributed by atoms with Crippen molar-refractivity contribution in [1.82, 2.24) is 19.9 Å². The van der Waals surface area contributed by atoms with Crippen LogP contribution in [-0.2, 0) is 0 Å². The van der Waals surface area contributed by atoms with Crippen molar-refractivity contribution in [2.24, 2.45) is 0 Å². The van der Waals surface area contributed by atoms with Gasteiger partial charge in [-0.25, -0.2) is 15.0 Å². The van der Waals surface area contributed by atoms with Crippen LogP contribution in [0.25, 0.3) is 22.6 Å². The van der Waals surface area contributed by atoms with Crippen molar-refractivity contribution in [2.75, 3.05) is 0 Å². The number of hydrogen-bond acceptors (Lipinski definition) is 3. The van der Waals surface area contributed by atoms with Gasteiger partial charge in [0.1, 0.15) is 5.69 Å². The molecule has 0 fully saturated rings. The summed E-state index contributed by atoms with van der Waals surface area (Å²) in [7, 11) is 0. The zero-order valence-electron chi connectivity index (χ0n) is 7.88. The number of rotatable bonds is 1. The second-order valence-electron chi connectivity index (χ2n) is 3.18. The summed E-state index contributed by atoms with van der Waals surface area (Å²) in [5.74, 6) is 0.653. The third-order valence-electron chi connectivity index (χ3n) is 2.20. The molecule has 0 saturated carbocycles. The highest BCUT2D eigenvalue weighted by molar-refractivity contribution is 5.77. The smallest absolute Gasteiger partial charge is 0.178 e. The quantitative estimate of drug-likeness (QED) is 0.647. The van der Waals surface area contributed by atoms with Crippen molar-refractivity contribution in [3.05, 3.63) is 42.9 Å². The predicted octanol–water partition coefficient (Wildman–Crippen LogP) is 2.02. The Morgan fingerprint density at radius 1 is 1.00 bits per heavy atom. The molecule has 0 saturated heterocycles. The summed E-state index contributed by atoms with van der Waals surface area (Å²) in [5, 5.41) is 0. The van der Waals surface area contributed by atoms with Crippen molar-refractivity contribution in [3.63, 3.8) is 0 Å². The van der Waals surface area contributed by atoms with E-state index in [1.165, 1.54) is 0 Å². The molecule has 0 spiro atoms. The molecular weight excluding hydrogens is 188 g/mol. The Bertz CT molecular complexity index is 586. The molecule has 0 aliphatic rings. The van der Waals surface area contributed by atoms with Crippen LogP contribution < -0.4 is 0 Å². The van der Waals surface area contributed by atoms with Crippen LogP contribution in [0, 0.1) is 0 Å². The monoisotopic (exact) mass is 196 g/mol. The van der Waals surface area contributed by atoms with Gasteiger partial charge in [0.2, 0.25) is 0 Å². The van der Waals surface area contributed by atoms with Crippen LogP contribution in [0.3, 0.4) is 0 Å². The van der Waals surface area contributed by atoms with Crippen molar-refractivity contribution >= 4 is 11.0 Å². The van der Waals surface area contributed by atoms with Crippen molar-refractivity contribution in [1.29, 1.82) is 0 Å². The lowest BCUT2D eigenvalue weighted by Gasteiger charge is -1.97. The van der Waals surface area contributed by atoms with Crippen LogP contribution in [0.15, 0.2) is 42.9 Å². The second kappa shape index (κ2) is 3.16. The first-order valence-corrected chi connectivity index (χ1v) is 4.65. The zero-order chi connectivity index (χ0) is 10.1. The number of aromatic nitrogens is 4. The molecule has 4 nitrogen and oxygen atoms in total. The lowest BCUT2D eigenvalue weighted by Crippen LogP contribution is -1.89. The maximum absolute atomic E-state index is 4.45. The van der Waals surface area contributed by atoms with Crippen LogP contribution in [0.2, 0.25) is 0 Å². The van der Waals surface area contributed by atoms with Crippen LogP contribution in [0.5, 0.6) is 0 Å². The Morgan fingerprint density at radius 2 is 1.87 bits per heavy atom. The first kappa shape index (κ1) is 8.11. The lowest BCUT2D eigenvalue weighted by molar-refractivity contribution is 1.15. The molecule has 0 bridgehead atoms. The first-order chi connectivity index (χ1) is 7.43. The molecule has 3 heterocycles. The number of nitrogens with one attached hydrogen (secondary N) is 1. The molecule has 0 radical (unpaired) electrons. The van der Waals surface area contributed by atoms with E-state index >= 15 is 0 Å². The predicted molar refractivity (Wildman–Crippen MR) is 57.1 cm³/mol. The number of pyridine rings is 1. The average molecular weight is 196 g/mol. The highest BCUT2D eigenvalue weighted by atomic mass is 14.9. The number of nitrogens with zero attached hydrogens (tertiary/aromatic N) is 3. The maximum Gasteiger partial charge on any atom is 0.178 e. The van der Waals surface area contributed by atoms with Gasteiger partial charge in [0.15, 0.2) is 5.82 Å². The van der Waals surface area contributed by atoms with E-state index in [4.69, 9.17) is 0 Å². The van der Waals surface area contributed by atoms with E-state index in [-0.39, 0.29) is 0 Å². The fourth-order valence-corrected chi connectivity index (χ4v) is 1.49. The number of hydrogen-bond donors (Lipinski definition) is 1. The van der Waals surface area contributed by atoms with E-state index in [9.17, 15) is 0 Å². The van der Waals surface area contributed by atoms with Gasteiger partial charge < -0.3 is 4.98 Å². The molecule has 1 N–H and O–H groups in total. The van der Waals surface area contributed by atoms with E-state index in [0.29, 0.717) is 5.82 Å². The fourth-order valence-electron chi connectivity index (χ4n) is 1.49. The van der Waals surface area contributed by atoms with Gasteiger partial charge in [-0.05, 0) is 24.3 Å². The van der Waals surface area contributed by atoms with Crippen LogP contribution in [0.1, 0.15) is 0 Å². The minimum atomic E-state index is 0.653. The van der Waals surface area contributed by atoms with Crippen LogP contribution >= 0.6 is 0 Å². The van der Waals surface area contributed by atoms with E-state index in [1.54, 1.807) is 18.5 Å². The number of fused-ring (bicyclic) bond motifs is 1. The standard InChI is InChI=1S/C11H8N4/c1-5-13-11(14-6-1)10-3-2-8-9(15-10)4-7-12-8/h1-7,12H. The minimum Gasteiger partial charge on any atom is -0.360 e. The highest BCUT2D eigenvalue weighted by Crippen LogP contribution is 2.15. The molecule has 3 aromatic rings. The summed E-state index contributed by atoms with van der Waals surface area (Å²) in [6, 6.07) is 7.61. The Labute approximate surface area is 86.0 Å². The Balaban J connectivity index is 2.19. The third-order valence-corrected chi connectivity index (χ3v) is 2.20. The molecule has 0 amide bonds. The van der Waals surface area contributed by atoms with Crippen molar-refractivity contribution in [2.45, 2.75) is 0 Å². The Kier molecular flexibility index (Phi) is 1.71. The fraction of sp³-hybridized carbons (Fsp3) is 0. The molecule has 3 rings (SSSR count). The number of H-pyrrole nitrogens is 1. The first-order valence-electron chi connectivity index (χ1n) is 4.65. The molecule has 4 heteroatoms. The zero-order valence-corrected chi connectivity index (χ0v) is 7.88. The normalized spacial score (nSPS) is 10.7. The summed E-state index contributed by atoms with van der Waals surface area (Å²) < 4.78 is 0. The molecule has 0 atom stereocenters. The SMILES string of the molecule is c1cnc(-c2ccc3[nH]ccc3n2)nc1. The third kappa shape index (κ3) is 1.36. The molecule has 3 aromatic heterocycles. The van der Waals surface area contributed by atoms with Gasteiger partial charge in [-0.3, -0.25) is 0 Å². The van der Waals surface area contributed by atoms with Crippen LogP contribution in [-0.4, -0.2) is 19.9 Å². The van der Waals surface area contributed by atoms with Gasteiger partial charge in [0, 0.05) is 18.6 Å². The maximum atomic E-state index is 4.45. The Hall–Kier alpha value is -2.23. The van der Waals surface area contributed by atoms with Gasteiger partial charge in [-0.15, -0.1) is 0 Å². The summed E-state index contributed by atoms with van der Waals surface area (Å²) in [6.45, 7) is 0. The largest absolute Gasteiger partial charge is 0.360 e. The molecule has 0 aliphatic carbocycles. The average Bonchev–Trinajstić information content (AvgIpc) is 2.77. The molecule has 0 unspecified atom stereocenters. The van der Waals surface area contributed by atoms with Crippen molar-refractivity contribution < 1.29 is 0 Å². The van der Waals surface area contributed by atoms with Crippen molar-refractivity contribution in [3.8, 4) is 11.5 Å².